The molecule has 0 spiro atoms. The maximum atomic E-state index is 11.7. The fraction of sp³-hybridized carbons (Fsp3) is 0.960. The van der Waals surface area contributed by atoms with Crippen LogP contribution in [0.1, 0.15) is 78.1 Å². The zero-order chi connectivity index (χ0) is 21.7. The molecule has 0 amide bonds. The molecule has 4 aliphatic carbocycles. The van der Waals surface area contributed by atoms with Crippen LogP contribution in [-0.2, 0) is 9.53 Å². The molecule has 3 N–H and O–H groups in total. The van der Waals surface area contributed by atoms with Crippen LogP contribution in [-0.4, -0.2) is 47.2 Å². The van der Waals surface area contributed by atoms with Gasteiger partial charge in [0.2, 0.25) is 0 Å². The van der Waals surface area contributed by atoms with E-state index in [-0.39, 0.29) is 53.4 Å². The second-order valence-corrected chi connectivity index (χ2v) is 11.4. The molecule has 0 aliphatic heterocycles. The number of hydrogen-bond acceptors (Lipinski definition) is 5. The highest BCUT2D eigenvalue weighted by atomic mass is 16.5. The summed E-state index contributed by atoms with van der Waals surface area (Å²) >= 11 is 0. The first-order valence-electron chi connectivity index (χ1n) is 12.3. The highest BCUT2D eigenvalue weighted by Crippen LogP contribution is 2.68. The molecule has 0 bridgehead atoms. The van der Waals surface area contributed by atoms with Gasteiger partial charge in [-0.3, -0.25) is 4.79 Å². The van der Waals surface area contributed by atoms with Gasteiger partial charge < -0.3 is 20.1 Å². The second-order valence-electron chi connectivity index (χ2n) is 11.4. The van der Waals surface area contributed by atoms with E-state index in [2.05, 4.69) is 13.8 Å². The number of aliphatic hydroxyl groups is 3. The molecule has 5 heteroatoms. The van der Waals surface area contributed by atoms with Crippen molar-refractivity contribution in [1.82, 2.24) is 0 Å². The lowest BCUT2D eigenvalue weighted by atomic mass is 9.44. The van der Waals surface area contributed by atoms with Crippen molar-refractivity contribution >= 4 is 5.97 Å². The molecule has 0 heterocycles. The van der Waals surface area contributed by atoms with Crippen molar-refractivity contribution in [2.45, 2.75) is 90.3 Å². The van der Waals surface area contributed by atoms with Gasteiger partial charge in [0.1, 0.15) is 0 Å². The molecular formula is C25H42O5. The molecule has 10 atom stereocenters. The van der Waals surface area contributed by atoms with Gasteiger partial charge in [-0.25, -0.2) is 0 Å². The Bertz CT molecular complexity index is 637. The van der Waals surface area contributed by atoms with E-state index in [9.17, 15) is 20.1 Å². The van der Waals surface area contributed by atoms with E-state index >= 15 is 0 Å². The summed E-state index contributed by atoms with van der Waals surface area (Å²) in [4.78, 5) is 11.7. The summed E-state index contributed by atoms with van der Waals surface area (Å²) < 4.78 is 4.83. The van der Waals surface area contributed by atoms with Crippen molar-refractivity contribution in [3.05, 3.63) is 0 Å². The van der Waals surface area contributed by atoms with Gasteiger partial charge in [0.15, 0.2) is 0 Å². The third-order valence-electron chi connectivity index (χ3n) is 10.4. The molecule has 0 saturated heterocycles. The number of esters is 1. The summed E-state index contributed by atoms with van der Waals surface area (Å²) in [7, 11) is 1.43. The Labute approximate surface area is 181 Å². The normalized spacial score (nSPS) is 48.9. The maximum Gasteiger partial charge on any atom is 0.305 e. The minimum absolute atomic E-state index is 0.142. The minimum Gasteiger partial charge on any atom is -0.469 e. The van der Waals surface area contributed by atoms with E-state index < -0.39 is 0 Å². The lowest BCUT2D eigenvalue weighted by Crippen LogP contribution is -2.57. The summed E-state index contributed by atoms with van der Waals surface area (Å²) in [6.45, 7) is 4.78. The molecule has 4 aliphatic rings. The number of rotatable bonds is 5. The second kappa shape index (κ2) is 8.37. The van der Waals surface area contributed by atoms with Gasteiger partial charge in [0.25, 0.3) is 0 Å². The van der Waals surface area contributed by atoms with Crippen LogP contribution in [0.15, 0.2) is 0 Å². The standard InChI is InChI=1S/C25H42O5/c1-15(4-7-22(29)30-3)20-13-21(28)23-18-6-5-16-12-17(27)8-10-24(16,2)19(18)9-11-25(20,23)14-26/h15-21,23,26-28H,4-14H2,1-3H3/t15-,16-,17-,18-,19+,20-,21-,23-,24+,25+/m1/s1. The molecule has 4 saturated carbocycles. The summed E-state index contributed by atoms with van der Waals surface area (Å²) in [6, 6.07) is 0. The van der Waals surface area contributed by atoms with E-state index in [1.54, 1.807) is 0 Å². The van der Waals surface area contributed by atoms with E-state index in [0.717, 1.165) is 57.8 Å². The first-order valence-corrected chi connectivity index (χ1v) is 12.3. The predicted molar refractivity (Wildman–Crippen MR) is 114 cm³/mol. The first kappa shape index (κ1) is 22.5. The highest BCUT2D eigenvalue weighted by Gasteiger charge is 2.64. The Balaban J connectivity index is 1.57. The van der Waals surface area contributed by atoms with Gasteiger partial charge in [-0.1, -0.05) is 13.8 Å². The maximum absolute atomic E-state index is 11.7. The van der Waals surface area contributed by atoms with Crippen molar-refractivity contribution in [2.24, 2.45) is 46.3 Å². The molecular weight excluding hydrogens is 380 g/mol. The van der Waals surface area contributed by atoms with E-state index in [0.29, 0.717) is 24.2 Å². The lowest BCUT2D eigenvalue weighted by molar-refractivity contribution is -0.157. The van der Waals surface area contributed by atoms with Crippen molar-refractivity contribution in [1.29, 1.82) is 0 Å². The number of methoxy groups -OCH3 is 1. The lowest BCUT2D eigenvalue weighted by Gasteiger charge is -2.61. The molecule has 30 heavy (non-hydrogen) atoms. The van der Waals surface area contributed by atoms with Crippen LogP contribution in [0.25, 0.3) is 0 Å². The first-order chi connectivity index (χ1) is 14.3. The SMILES string of the molecule is COC(=O)CC[C@@H](C)[C@H]1C[C@@H](O)[C@H]2[C@@H]3CC[C@@H]4C[C@H](O)CC[C@]4(C)[C@H]3CC[C@@]21CO. The zero-order valence-electron chi connectivity index (χ0n) is 19.1. The van der Waals surface area contributed by atoms with E-state index in [1.165, 1.54) is 7.11 Å². The average Bonchev–Trinajstić information content (AvgIpc) is 3.05. The zero-order valence-corrected chi connectivity index (χ0v) is 19.1. The Morgan fingerprint density at radius 2 is 1.90 bits per heavy atom. The Hall–Kier alpha value is -0.650. The molecule has 0 radical (unpaired) electrons. The largest absolute Gasteiger partial charge is 0.469 e. The fourth-order valence-corrected chi connectivity index (χ4v) is 8.90. The molecule has 4 fully saturated rings. The van der Waals surface area contributed by atoms with Gasteiger partial charge in [-0.05, 0) is 98.7 Å². The van der Waals surface area contributed by atoms with Crippen LogP contribution < -0.4 is 0 Å². The van der Waals surface area contributed by atoms with Crippen LogP contribution in [0.2, 0.25) is 0 Å². The summed E-state index contributed by atoms with van der Waals surface area (Å²) in [5, 5.41) is 32.2. The van der Waals surface area contributed by atoms with E-state index in [1.807, 2.05) is 0 Å². The smallest absolute Gasteiger partial charge is 0.305 e. The highest BCUT2D eigenvalue weighted by molar-refractivity contribution is 5.69. The van der Waals surface area contributed by atoms with E-state index in [4.69, 9.17) is 4.74 Å². The van der Waals surface area contributed by atoms with Gasteiger partial charge in [-0.2, -0.15) is 0 Å². The Kier molecular flexibility index (Phi) is 6.29. The molecule has 0 unspecified atom stereocenters. The van der Waals surface area contributed by atoms with Crippen molar-refractivity contribution in [3.63, 3.8) is 0 Å². The molecule has 0 aromatic carbocycles. The van der Waals surface area contributed by atoms with Crippen molar-refractivity contribution in [3.8, 4) is 0 Å². The molecule has 4 rings (SSSR count). The molecule has 172 valence electrons. The number of aliphatic hydroxyl groups excluding tert-OH is 3. The number of ether oxygens (including phenoxy) is 1. The fourth-order valence-electron chi connectivity index (χ4n) is 8.90. The molecule has 0 aromatic heterocycles. The van der Waals surface area contributed by atoms with Crippen LogP contribution in [0.3, 0.4) is 0 Å². The van der Waals surface area contributed by atoms with Crippen LogP contribution in [0.5, 0.6) is 0 Å². The van der Waals surface area contributed by atoms with Gasteiger partial charge in [0.05, 0.1) is 19.3 Å². The number of hydrogen-bond donors (Lipinski definition) is 3. The van der Waals surface area contributed by atoms with Crippen LogP contribution >= 0.6 is 0 Å². The Morgan fingerprint density at radius 1 is 1.13 bits per heavy atom. The van der Waals surface area contributed by atoms with Gasteiger partial charge in [-0.15, -0.1) is 0 Å². The molecule has 0 aromatic rings. The topological polar surface area (TPSA) is 87.0 Å². The predicted octanol–water partition coefficient (Wildman–Crippen LogP) is 3.54. The molecule has 5 nitrogen and oxygen atoms in total. The average molecular weight is 423 g/mol. The van der Waals surface area contributed by atoms with Crippen molar-refractivity contribution < 1.29 is 24.9 Å². The van der Waals surface area contributed by atoms with Gasteiger partial charge >= 0.3 is 5.97 Å². The Morgan fingerprint density at radius 3 is 2.60 bits per heavy atom. The van der Waals surface area contributed by atoms with Gasteiger partial charge in [0, 0.05) is 18.4 Å². The number of fused-ring (bicyclic) bond motifs is 5. The monoisotopic (exact) mass is 422 g/mol. The van der Waals surface area contributed by atoms with Crippen LogP contribution in [0, 0.1) is 46.3 Å². The quantitative estimate of drug-likeness (QED) is 0.590. The third kappa shape index (κ3) is 3.44. The summed E-state index contributed by atoms with van der Waals surface area (Å²) in [5.74, 6) is 2.18. The summed E-state index contributed by atoms with van der Waals surface area (Å²) in [6.07, 6.45) is 8.70. The third-order valence-corrected chi connectivity index (χ3v) is 10.4. The van der Waals surface area contributed by atoms with Crippen molar-refractivity contribution in [2.75, 3.05) is 13.7 Å². The number of carbonyl (C=O) groups is 1. The number of carbonyl (C=O) groups excluding carboxylic acids is 1. The minimum atomic E-state index is -0.357. The van der Waals surface area contributed by atoms with Crippen LogP contribution in [0.4, 0.5) is 0 Å². The summed E-state index contributed by atoms with van der Waals surface area (Å²) in [5.41, 5.74) is 0.0472.